The van der Waals surface area contributed by atoms with Crippen LogP contribution in [-0.2, 0) is 9.53 Å². The van der Waals surface area contributed by atoms with E-state index in [1.807, 2.05) is 0 Å². The van der Waals surface area contributed by atoms with Gasteiger partial charge in [-0.1, -0.05) is 0 Å². The Kier molecular flexibility index (Phi) is 4.31. The topological polar surface area (TPSA) is 64.3 Å². The lowest BCUT2D eigenvalue weighted by molar-refractivity contribution is -0.143. The third kappa shape index (κ3) is 3.34. The SMILES string of the molecule is CCOC(=O)C(C)Nc1cc(C)c(F)cc1N. The number of nitrogens with one attached hydrogen (secondary N) is 1. The van der Waals surface area contributed by atoms with Gasteiger partial charge in [0, 0.05) is 0 Å². The van der Waals surface area contributed by atoms with Gasteiger partial charge in [0.1, 0.15) is 11.9 Å². The summed E-state index contributed by atoms with van der Waals surface area (Å²) in [7, 11) is 0. The second-order valence-electron chi connectivity index (χ2n) is 3.81. The number of carbonyl (C=O) groups is 1. The molecular formula is C12H17FN2O2. The number of aryl methyl sites for hydroxylation is 1. The zero-order chi connectivity index (χ0) is 13.0. The minimum atomic E-state index is -0.526. The Morgan fingerprint density at radius 2 is 2.24 bits per heavy atom. The molecule has 0 saturated carbocycles. The van der Waals surface area contributed by atoms with E-state index in [1.165, 1.54) is 6.07 Å². The molecule has 0 radical (unpaired) electrons. The maximum Gasteiger partial charge on any atom is 0.328 e. The number of nitrogens with two attached hydrogens (primary N) is 1. The van der Waals surface area contributed by atoms with Crippen molar-refractivity contribution in [1.82, 2.24) is 0 Å². The highest BCUT2D eigenvalue weighted by Crippen LogP contribution is 2.23. The van der Waals surface area contributed by atoms with Crippen molar-refractivity contribution >= 4 is 17.3 Å². The maximum absolute atomic E-state index is 13.2. The number of esters is 1. The van der Waals surface area contributed by atoms with Crippen molar-refractivity contribution in [3.05, 3.63) is 23.5 Å². The number of anilines is 2. The summed E-state index contributed by atoms with van der Waals surface area (Å²) in [4.78, 5) is 11.4. The Labute approximate surface area is 100.0 Å². The first-order valence-electron chi connectivity index (χ1n) is 5.44. The molecule has 0 bridgehead atoms. The molecule has 0 saturated heterocycles. The highest BCUT2D eigenvalue weighted by atomic mass is 19.1. The summed E-state index contributed by atoms with van der Waals surface area (Å²) in [6, 6.07) is 2.28. The lowest BCUT2D eigenvalue weighted by Gasteiger charge is -2.16. The summed E-state index contributed by atoms with van der Waals surface area (Å²) < 4.78 is 18.0. The minimum absolute atomic E-state index is 0.268. The molecule has 17 heavy (non-hydrogen) atoms. The van der Waals surface area contributed by atoms with Crippen LogP contribution >= 0.6 is 0 Å². The summed E-state index contributed by atoms with van der Waals surface area (Å²) in [5.74, 6) is -0.731. The number of ether oxygens (including phenoxy) is 1. The van der Waals surface area contributed by atoms with E-state index in [4.69, 9.17) is 10.5 Å². The minimum Gasteiger partial charge on any atom is -0.464 e. The van der Waals surface area contributed by atoms with E-state index in [0.29, 0.717) is 17.9 Å². The van der Waals surface area contributed by atoms with Gasteiger partial charge in [-0.05, 0) is 38.5 Å². The van der Waals surface area contributed by atoms with Gasteiger partial charge in [0.15, 0.2) is 0 Å². The van der Waals surface area contributed by atoms with Gasteiger partial charge in [0.05, 0.1) is 18.0 Å². The normalized spacial score (nSPS) is 12.0. The first-order chi connectivity index (χ1) is 7.95. The summed E-state index contributed by atoms with van der Waals surface area (Å²) in [5.41, 5.74) is 6.93. The number of rotatable bonds is 4. The Hall–Kier alpha value is -1.78. The molecule has 5 heteroatoms. The molecule has 94 valence electrons. The van der Waals surface area contributed by atoms with E-state index in [2.05, 4.69) is 5.32 Å². The fourth-order valence-corrected chi connectivity index (χ4v) is 1.38. The lowest BCUT2D eigenvalue weighted by Crippen LogP contribution is -2.28. The Morgan fingerprint density at radius 3 is 2.82 bits per heavy atom. The molecule has 4 nitrogen and oxygen atoms in total. The number of hydrogen-bond donors (Lipinski definition) is 2. The van der Waals surface area contributed by atoms with Crippen molar-refractivity contribution in [1.29, 1.82) is 0 Å². The Bertz CT molecular complexity index is 421. The van der Waals surface area contributed by atoms with Gasteiger partial charge in [-0.25, -0.2) is 9.18 Å². The van der Waals surface area contributed by atoms with E-state index >= 15 is 0 Å². The Morgan fingerprint density at radius 1 is 1.59 bits per heavy atom. The van der Waals surface area contributed by atoms with Gasteiger partial charge >= 0.3 is 5.97 Å². The second-order valence-corrected chi connectivity index (χ2v) is 3.81. The molecule has 1 aromatic carbocycles. The van der Waals surface area contributed by atoms with Crippen LogP contribution in [0.5, 0.6) is 0 Å². The van der Waals surface area contributed by atoms with Crippen molar-refractivity contribution < 1.29 is 13.9 Å². The van der Waals surface area contributed by atoms with Crippen molar-refractivity contribution in [3.8, 4) is 0 Å². The second kappa shape index (κ2) is 5.52. The molecule has 1 rings (SSSR count). The molecule has 0 aliphatic carbocycles. The van der Waals surface area contributed by atoms with Crippen molar-refractivity contribution in [2.45, 2.75) is 26.8 Å². The van der Waals surface area contributed by atoms with Gasteiger partial charge in [0.2, 0.25) is 0 Å². The molecular weight excluding hydrogens is 223 g/mol. The molecule has 0 amide bonds. The van der Waals surface area contributed by atoms with Crippen LogP contribution in [0, 0.1) is 12.7 Å². The predicted molar refractivity (Wildman–Crippen MR) is 65.3 cm³/mol. The summed E-state index contributed by atoms with van der Waals surface area (Å²) in [6.45, 7) is 5.36. The van der Waals surface area contributed by atoms with Crippen LogP contribution in [0.15, 0.2) is 12.1 Å². The fourth-order valence-electron chi connectivity index (χ4n) is 1.38. The summed E-state index contributed by atoms with van der Waals surface area (Å²) in [6.07, 6.45) is 0. The molecule has 3 N–H and O–H groups in total. The van der Waals surface area contributed by atoms with Crippen LogP contribution < -0.4 is 11.1 Å². The number of benzene rings is 1. The van der Waals surface area contributed by atoms with Crippen molar-refractivity contribution in [2.24, 2.45) is 0 Å². The van der Waals surface area contributed by atoms with Crippen LogP contribution in [0.1, 0.15) is 19.4 Å². The van der Waals surface area contributed by atoms with Crippen LogP contribution in [0.25, 0.3) is 0 Å². The van der Waals surface area contributed by atoms with Gasteiger partial charge in [-0.2, -0.15) is 0 Å². The average Bonchev–Trinajstić information content (AvgIpc) is 2.26. The molecule has 0 fully saturated rings. The number of hydrogen-bond acceptors (Lipinski definition) is 4. The van der Waals surface area contributed by atoms with Gasteiger partial charge < -0.3 is 15.8 Å². The Balaban J connectivity index is 2.81. The van der Waals surface area contributed by atoms with E-state index in [1.54, 1.807) is 26.8 Å². The first-order valence-corrected chi connectivity index (χ1v) is 5.44. The molecule has 0 aromatic heterocycles. The zero-order valence-corrected chi connectivity index (χ0v) is 10.2. The number of nitrogen functional groups attached to an aromatic ring is 1. The van der Waals surface area contributed by atoms with E-state index < -0.39 is 6.04 Å². The highest BCUT2D eigenvalue weighted by molar-refractivity contribution is 5.81. The summed E-state index contributed by atoms with van der Waals surface area (Å²) in [5, 5.41) is 2.90. The molecule has 0 aliphatic heterocycles. The largest absolute Gasteiger partial charge is 0.464 e. The number of carbonyl (C=O) groups excluding carboxylic acids is 1. The van der Waals surface area contributed by atoms with E-state index in [-0.39, 0.29) is 17.5 Å². The van der Waals surface area contributed by atoms with Gasteiger partial charge in [0.25, 0.3) is 0 Å². The first kappa shape index (κ1) is 13.3. The van der Waals surface area contributed by atoms with Crippen LogP contribution in [0.4, 0.5) is 15.8 Å². The average molecular weight is 240 g/mol. The predicted octanol–water partition coefficient (Wildman–Crippen LogP) is 2.08. The third-order valence-electron chi connectivity index (χ3n) is 2.34. The molecule has 1 unspecified atom stereocenters. The molecule has 0 aliphatic rings. The smallest absolute Gasteiger partial charge is 0.328 e. The van der Waals surface area contributed by atoms with Gasteiger partial charge in [-0.3, -0.25) is 0 Å². The quantitative estimate of drug-likeness (QED) is 0.624. The zero-order valence-electron chi connectivity index (χ0n) is 10.2. The highest BCUT2D eigenvalue weighted by Gasteiger charge is 2.15. The van der Waals surface area contributed by atoms with Crippen molar-refractivity contribution in [2.75, 3.05) is 17.7 Å². The lowest BCUT2D eigenvalue weighted by atomic mass is 10.1. The molecule has 0 heterocycles. The van der Waals surface area contributed by atoms with Crippen LogP contribution in [0.3, 0.4) is 0 Å². The van der Waals surface area contributed by atoms with Crippen molar-refractivity contribution in [3.63, 3.8) is 0 Å². The van der Waals surface area contributed by atoms with Crippen LogP contribution in [-0.4, -0.2) is 18.6 Å². The number of halogens is 1. The fraction of sp³-hybridized carbons (Fsp3) is 0.417. The molecule has 0 spiro atoms. The van der Waals surface area contributed by atoms with E-state index in [9.17, 15) is 9.18 Å². The maximum atomic E-state index is 13.2. The molecule has 1 atom stereocenters. The van der Waals surface area contributed by atoms with Crippen LogP contribution in [0.2, 0.25) is 0 Å². The monoisotopic (exact) mass is 240 g/mol. The standard InChI is InChI=1S/C12H17FN2O2/c1-4-17-12(16)8(3)15-11-5-7(2)9(13)6-10(11)14/h5-6,8,15H,4,14H2,1-3H3. The molecule has 1 aromatic rings. The third-order valence-corrected chi connectivity index (χ3v) is 2.34. The van der Waals surface area contributed by atoms with Gasteiger partial charge in [-0.15, -0.1) is 0 Å². The van der Waals surface area contributed by atoms with E-state index in [0.717, 1.165) is 0 Å². The summed E-state index contributed by atoms with van der Waals surface area (Å²) >= 11 is 0.